The summed E-state index contributed by atoms with van der Waals surface area (Å²) in [7, 11) is 0. The molecular formula is C18H26N2O4. The van der Waals surface area contributed by atoms with Gasteiger partial charge in [-0.1, -0.05) is 6.92 Å². The lowest BCUT2D eigenvalue weighted by molar-refractivity contribution is -0.142. The first kappa shape index (κ1) is 16.9. The van der Waals surface area contributed by atoms with E-state index < -0.39 is 5.97 Å². The van der Waals surface area contributed by atoms with Crippen LogP contribution in [0, 0.1) is 11.8 Å². The molecule has 0 bridgehead atoms. The number of carboxylic acids is 1. The summed E-state index contributed by atoms with van der Waals surface area (Å²) >= 11 is 0. The maximum absolute atomic E-state index is 12.8. The second kappa shape index (κ2) is 7.28. The standard InChI is InChI=1S/C18H26N2O4/c1-12-8-9-20(15(11-12)16-3-2-10-24-16)18(23)19-14-6-4-13(5-7-14)17(21)22/h2-3,10,12-15H,4-9,11H2,1H3,(H,19,23)(H,21,22). The summed E-state index contributed by atoms with van der Waals surface area (Å²) in [5.74, 6) is 0.425. The fraction of sp³-hybridized carbons (Fsp3) is 0.667. The number of nitrogens with one attached hydrogen (secondary N) is 1. The van der Waals surface area contributed by atoms with Crippen LogP contribution in [0.2, 0.25) is 0 Å². The number of carboxylic acid groups (broad SMARTS) is 1. The number of urea groups is 1. The molecule has 2 heterocycles. The van der Waals surface area contributed by atoms with Crippen LogP contribution in [0.25, 0.3) is 0 Å². The minimum Gasteiger partial charge on any atom is -0.481 e. The van der Waals surface area contributed by atoms with Crippen molar-refractivity contribution < 1.29 is 19.1 Å². The van der Waals surface area contributed by atoms with Crippen molar-refractivity contribution in [1.82, 2.24) is 10.2 Å². The molecule has 1 saturated carbocycles. The molecule has 132 valence electrons. The third-order valence-electron chi connectivity index (χ3n) is 5.40. The van der Waals surface area contributed by atoms with Crippen molar-refractivity contribution in [2.45, 2.75) is 57.5 Å². The van der Waals surface area contributed by atoms with Crippen LogP contribution in [0.15, 0.2) is 22.8 Å². The average molecular weight is 334 g/mol. The molecule has 0 spiro atoms. The predicted octanol–water partition coefficient (Wildman–Crippen LogP) is 3.41. The molecule has 1 aliphatic carbocycles. The topological polar surface area (TPSA) is 82.8 Å². The molecule has 2 atom stereocenters. The molecular weight excluding hydrogens is 308 g/mol. The second-order valence-corrected chi connectivity index (χ2v) is 7.19. The van der Waals surface area contributed by atoms with Gasteiger partial charge >= 0.3 is 12.0 Å². The van der Waals surface area contributed by atoms with Crippen LogP contribution in [-0.2, 0) is 4.79 Å². The third-order valence-corrected chi connectivity index (χ3v) is 5.40. The quantitative estimate of drug-likeness (QED) is 0.887. The van der Waals surface area contributed by atoms with Gasteiger partial charge in [-0.05, 0) is 56.6 Å². The van der Waals surface area contributed by atoms with Gasteiger partial charge in [-0.25, -0.2) is 4.79 Å². The van der Waals surface area contributed by atoms with Crippen LogP contribution in [0.1, 0.15) is 57.3 Å². The summed E-state index contributed by atoms with van der Waals surface area (Å²) in [6, 6.07) is 3.80. The highest BCUT2D eigenvalue weighted by molar-refractivity contribution is 5.75. The van der Waals surface area contributed by atoms with E-state index in [1.807, 2.05) is 17.0 Å². The van der Waals surface area contributed by atoms with Crippen LogP contribution in [0.3, 0.4) is 0 Å². The molecule has 1 aliphatic heterocycles. The maximum Gasteiger partial charge on any atom is 0.318 e. The monoisotopic (exact) mass is 334 g/mol. The summed E-state index contributed by atoms with van der Waals surface area (Å²) in [5.41, 5.74) is 0. The molecule has 1 saturated heterocycles. The maximum atomic E-state index is 12.8. The van der Waals surface area contributed by atoms with E-state index in [4.69, 9.17) is 9.52 Å². The summed E-state index contributed by atoms with van der Waals surface area (Å²) in [6.45, 7) is 2.93. The van der Waals surface area contributed by atoms with E-state index in [2.05, 4.69) is 12.2 Å². The van der Waals surface area contributed by atoms with Crippen LogP contribution in [0.5, 0.6) is 0 Å². The Morgan fingerprint density at radius 1 is 1.25 bits per heavy atom. The molecule has 0 radical (unpaired) electrons. The summed E-state index contributed by atoms with van der Waals surface area (Å²) in [5, 5.41) is 12.2. The van der Waals surface area contributed by atoms with Gasteiger partial charge in [0.1, 0.15) is 5.76 Å². The number of amides is 2. The largest absolute Gasteiger partial charge is 0.481 e. The van der Waals surface area contributed by atoms with Gasteiger partial charge in [0, 0.05) is 12.6 Å². The van der Waals surface area contributed by atoms with Gasteiger partial charge in [0.25, 0.3) is 0 Å². The zero-order valence-corrected chi connectivity index (χ0v) is 14.1. The lowest BCUT2D eigenvalue weighted by Crippen LogP contribution is -2.49. The van der Waals surface area contributed by atoms with E-state index in [1.165, 1.54) is 0 Å². The molecule has 2 aliphatic rings. The average Bonchev–Trinajstić information content (AvgIpc) is 3.09. The minimum absolute atomic E-state index is 0.0147. The van der Waals surface area contributed by atoms with Gasteiger partial charge in [-0.3, -0.25) is 4.79 Å². The number of rotatable bonds is 3. The highest BCUT2D eigenvalue weighted by Crippen LogP contribution is 2.34. The van der Waals surface area contributed by atoms with Gasteiger partial charge in [0.15, 0.2) is 0 Å². The van der Waals surface area contributed by atoms with Crippen molar-refractivity contribution in [2.24, 2.45) is 11.8 Å². The van der Waals surface area contributed by atoms with Crippen LogP contribution < -0.4 is 5.32 Å². The minimum atomic E-state index is -0.720. The van der Waals surface area contributed by atoms with E-state index in [-0.39, 0.29) is 24.0 Å². The number of likely N-dealkylation sites (tertiary alicyclic amines) is 1. The zero-order chi connectivity index (χ0) is 17.1. The van der Waals surface area contributed by atoms with Crippen LogP contribution >= 0.6 is 0 Å². The van der Waals surface area contributed by atoms with E-state index >= 15 is 0 Å². The molecule has 1 aromatic heterocycles. The molecule has 6 heteroatoms. The molecule has 6 nitrogen and oxygen atoms in total. The Balaban J connectivity index is 1.60. The summed E-state index contributed by atoms with van der Waals surface area (Å²) in [6.07, 6.45) is 6.30. The number of furan rings is 1. The number of piperidine rings is 1. The summed E-state index contributed by atoms with van der Waals surface area (Å²) in [4.78, 5) is 25.7. The van der Waals surface area contributed by atoms with Gasteiger partial charge in [-0.2, -0.15) is 0 Å². The van der Waals surface area contributed by atoms with Crippen LogP contribution in [-0.4, -0.2) is 34.6 Å². The molecule has 2 unspecified atom stereocenters. The lowest BCUT2D eigenvalue weighted by atomic mass is 9.86. The van der Waals surface area contributed by atoms with Crippen molar-refractivity contribution in [3.05, 3.63) is 24.2 Å². The predicted molar refractivity (Wildman–Crippen MR) is 88.5 cm³/mol. The van der Waals surface area contributed by atoms with Gasteiger partial charge in [0.05, 0.1) is 18.2 Å². The fourth-order valence-electron chi connectivity index (χ4n) is 3.88. The Morgan fingerprint density at radius 2 is 2.00 bits per heavy atom. The Labute approximate surface area is 142 Å². The number of nitrogens with zero attached hydrogens (tertiary/aromatic N) is 1. The fourth-order valence-corrected chi connectivity index (χ4v) is 3.88. The van der Waals surface area contributed by atoms with E-state index in [0.717, 1.165) is 38.0 Å². The Kier molecular flexibility index (Phi) is 5.11. The molecule has 3 rings (SSSR count). The van der Waals surface area contributed by atoms with Gasteiger partial charge in [-0.15, -0.1) is 0 Å². The first-order valence-electron chi connectivity index (χ1n) is 8.88. The molecule has 24 heavy (non-hydrogen) atoms. The van der Waals surface area contributed by atoms with Crippen molar-refractivity contribution in [3.8, 4) is 0 Å². The molecule has 1 aromatic rings. The normalized spacial score (nSPS) is 30.8. The number of carbonyl (C=O) groups is 2. The van der Waals surface area contributed by atoms with Crippen molar-refractivity contribution in [2.75, 3.05) is 6.54 Å². The zero-order valence-electron chi connectivity index (χ0n) is 14.1. The number of hydrogen-bond donors (Lipinski definition) is 2. The highest BCUT2D eigenvalue weighted by atomic mass is 16.4. The number of carbonyl (C=O) groups excluding carboxylic acids is 1. The SMILES string of the molecule is CC1CCN(C(=O)NC2CCC(C(=O)O)CC2)C(c2ccco2)C1. The van der Waals surface area contributed by atoms with Crippen molar-refractivity contribution >= 4 is 12.0 Å². The summed E-state index contributed by atoms with van der Waals surface area (Å²) < 4.78 is 5.55. The number of hydrogen-bond acceptors (Lipinski definition) is 3. The smallest absolute Gasteiger partial charge is 0.318 e. The second-order valence-electron chi connectivity index (χ2n) is 7.19. The van der Waals surface area contributed by atoms with E-state index in [1.54, 1.807) is 6.26 Å². The highest BCUT2D eigenvalue weighted by Gasteiger charge is 2.34. The molecule has 2 N–H and O–H groups in total. The van der Waals surface area contributed by atoms with Gasteiger partial charge < -0.3 is 19.7 Å². The van der Waals surface area contributed by atoms with E-state index in [0.29, 0.717) is 18.8 Å². The Hall–Kier alpha value is -1.98. The first-order chi connectivity index (χ1) is 11.5. The third kappa shape index (κ3) is 3.74. The van der Waals surface area contributed by atoms with Gasteiger partial charge in [0.2, 0.25) is 0 Å². The molecule has 2 fully saturated rings. The first-order valence-corrected chi connectivity index (χ1v) is 8.88. The lowest BCUT2D eigenvalue weighted by Gasteiger charge is -2.38. The Morgan fingerprint density at radius 3 is 2.62 bits per heavy atom. The molecule has 0 aromatic carbocycles. The number of aliphatic carboxylic acids is 1. The van der Waals surface area contributed by atoms with E-state index in [9.17, 15) is 9.59 Å². The molecule has 2 amide bonds. The Bertz CT molecular complexity index is 564. The van der Waals surface area contributed by atoms with Crippen molar-refractivity contribution in [3.63, 3.8) is 0 Å². The van der Waals surface area contributed by atoms with Crippen molar-refractivity contribution in [1.29, 1.82) is 0 Å². The van der Waals surface area contributed by atoms with Crippen LogP contribution in [0.4, 0.5) is 4.79 Å².